The number of hydrogen-bond donors (Lipinski definition) is 0. The summed E-state index contributed by atoms with van der Waals surface area (Å²) in [5.74, 6) is 0. The Morgan fingerprint density at radius 1 is 1.09 bits per heavy atom. The van der Waals surface area contributed by atoms with Crippen molar-refractivity contribution in [1.82, 2.24) is 0 Å². The van der Waals surface area contributed by atoms with Gasteiger partial charge in [0.15, 0.2) is 0 Å². The van der Waals surface area contributed by atoms with Crippen molar-refractivity contribution in [2.24, 2.45) is 5.41 Å². The van der Waals surface area contributed by atoms with Gasteiger partial charge in [0.1, 0.15) is 13.2 Å². The lowest BCUT2D eigenvalue weighted by Crippen LogP contribution is -2.36. The van der Waals surface area contributed by atoms with Crippen molar-refractivity contribution in [3.63, 3.8) is 0 Å². The molecular weight excluding hydrogens is 144 g/mol. The molecule has 0 N–H and O–H groups in total. The first-order valence-corrected chi connectivity index (χ1v) is 4.10. The van der Waals surface area contributed by atoms with E-state index >= 15 is 0 Å². The van der Waals surface area contributed by atoms with Gasteiger partial charge in [-0.05, 0) is 12.8 Å². The van der Waals surface area contributed by atoms with Crippen LogP contribution in [0.5, 0.6) is 0 Å². The first-order valence-electron chi connectivity index (χ1n) is 4.10. The van der Waals surface area contributed by atoms with E-state index in [1.54, 1.807) is 0 Å². The predicted octanol–water partition coefficient (Wildman–Crippen LogP) is 1.71. The van der Waals surface area contributed by atoms with Crippen molar-refractivity contribution < 1.29 is 14.3 Å². The van der Waals surface area contributed by atoms with Crippen LogP contribution in [0.4, 0.5) is 4.79 Å². The fourth-order valence-corrected chi connectivity index (χ4v) is 1.92. The Bertz CT molecular complexity index is 158. The van der Waals surface area contributed by atoms with Crippen LogP contribution in [0, 0.1) is 5.41 Å². The molecule has 2 fully saturated rings. The standard InChI is InChI=1S/C8H12O3/c9-7-10-5-8(6-11-7)3-1-2-4-8/h1-6H2. The molecule has 1 saturated carbocycles. The fourth-order valence-electron chi connectivity index (χ4n) is 1.92. The molecule has 1 spiro atoms. The Morgan fingerprint density at radius 2 is 1.64 bits per heavy atom. The molecular formula is C8H12O3. The summed E-state index contributed by atoms with van der Waals surface area (Å²) in [6.07, 6.45) is 4.31. The Labute approximate surface area is 65.7 Å². The molecule has 1 aliphatic heterocycles. The van der Waals surface area contributed by atoms with E-state index in [-0.39, 0.29) is 5.41 Å². The SMILES string of the molecule is O=C1OCC2(CCCC2)CO1. The second-order valence-electron chi connectivity index (χ2n) is 3.53. The summed E-state index contributed by atoms with van der Waals surface area (Å²) in [7, 11) is 0. The average Bonchev–Trinajstić information content (AvgIpc) is 2.45. The van der Waals surface area contributed by atoms with Crippen molar-refractivity contribution in [2.45, 2.75) is 25.7 Å². The molecule has 0 radical (unpaired) electrons. The summed E-state index contributed by atoms with van der Waals surface area (Å²) in [6.45, 7) is 1.15. The van der Waals surface area contributed by atoms with Crippen molar-refractivity contribution >= 4 is 6.16 Å². The molecule has 0 aromatic rings. The van der Waals surface area contributed by atoms with Gasteiger partial charge < -0.3 is 9.47 Å². The molecule has 1 heterocycles. The minimum absolute atomic E-state index is 0.188. The molecule has 3 nitrogen and oxygen atoms in total. The Balaban J connectivity index is 1.99. The van der Waals surface area contributed by atoms with Gasteiger partial charge in [-0.1, -0.05) is 12.8 Å². The Hall–Kier alpha value is -0.730. The van der Waals surface area contributed by atoms with Gasteiger partial charge in [0, 0.05) is 5.41 Å². The number of carbonyl (C=O) groups excluding carboxylic acids is 1. The number of ether oxygens (including phenoxy) is 2. The van der Waals surface area contributed by atoms with E-state index in [0.29, 0.717) is 13.2 Å². The number of rotatable bonds is 0. The molecule has 0 aromatic heterocycles. The predicted molar refractivity (Wildman–Crippen MR) is 38.2 cm³/mol. The van der Waals surface area contributed by atoms with Crippen LogP contribution in [0.2, 0.25) is 0 Å². The van der Waals surface area contributed by atoms with Crippen LogP contribution in [-0.2, 0) is 9.47 Å². The summed E-state index contributed by atoms with van der Waals surface area (Å²) in [5.41, 5.74) is 0.188. The minimum Gasteiger partial charge on any atom is -0.434 e. The van der Waals surface area contributed by atoms with Crippen molar-refractivity contribution in [3.8, 4) is 0 Å². The van der Waals surface area contributed by atoms with Gasteiger partial charge in [-0.2, -0.15) is 0 Å². The third kappa shape index (κ3) is 1.19. The number of hydrogen-bond acceptors (Lipinski definition) is 3. The van der Waals surface area contributed by atoms with Crippen LogP contribution in [0.3, 0.4) is 0 Å². The molecule has 0 atom stereocenters. The van der Waals surface area contributed by atoms with Gasteiger partial charge in [-0.25, -0.2) is 4.79 Å². The summed E-state index contributed by atoms with van der Waals surface area (Å²) in [5, 5.41) is 0. The Morgan fingerprint density at radius 3 is 2.18 bits per heavy atom. The van der Waals surface area contributed by atoms with Gasteiger partial charge in [0.05, 0.1) is 0 Å². The van der Waals surface area contributed by atoms with Crippen LogP contribution in [-0.4, -0.2) is 19.4 Å². The monoisotopic (exact) mass is 156 g/mol. The van der Waals surface area contributed by atoms with Crippen LogP contribution in [0.15, 0.2) is 0 Å². The van der Waals surface area contributed by atoms with E-state index in [2.05, 4.69) is 0 Å². The highest BCUT2D eigenvalue weighted by molar-refractivity contribution is 5.60. The van der Waals surface area contributed by atoms with E-state index in [1.807, 2.05) is 0 Å². The zero-order chi connectivity index (χ0) is 7.73. The molecule has 1 aliphatic carbocycles. The van der Waals surface area contributed by atoms with Gasteiger partial charge >= 0.3 is 6.16 Å². The van der Waals surface area contributed by atoms with Crippen molar-refractivity contribution in [1.29, 1.82) is 0 Å². The maximum atomic E-state index is 10.6. The highest BCUT2D eigenvalue weighted by Gasteiger charge is 2.39. The van der Waals surface area contributed by atoms with E-state index < -0.39 is 6.16 Å². The van der Waals surface area contributed by atoms with E-state index in [0.717, 1.165) is 12.8 Å². The lowest BCUT2D eigenvalue weighted by atomic mass is 9.88. The summed E-state index contributed by atoms with van der Waals surface area (Å²) in [4.78, 5) is 10.6. The topological polar surface area (TPSA) is 35.5 Å². The summed E-state index contributed by atoms with van der Waals surface area (Å²) in [6, 6.07) is 0. The van der Waals surface area contributed by atoms with E-state index in [9.17, 15) is 4.79 Å². The third-order valence-electron chi connectivity index (χ3n) is 2.66. The lowest BCUT2D eigenvalue weighted by Gasteiger charge is -2.31. The lowest BCUT2D eigenvalue weighted by molar-refractivity contribution is -0.0568. The molecule has 11 heavy (non-hydrogen) atoms. The second kappa shape index (κ2) is 2.40. The van der Waals surface area contributed by atoms with Crippen LogP contribution in [0.1, 0.15) is 25.7 Å². The second-order valence-corrected chi connectivity index (χ2v) is 3.53. The smallest absolute Gasteiger partial charge is 0.434 e. The minimum atomic E-state index is -0.498. The van der Waals surface area contributed by atoms with Gasteiger partial charge in [0.25, 0.3) is 0 Å². The molecule has 1 saturated heterocycles. The van der Waals surface area contributed by atoms with E-state index in [1.165, 1.54) is 12.8 Å². The fraction of sp³-hybridized carbons (Fsp3) is 0.875. The normalized spacial score (nSPS) is 28.2. The maximum Gasteiger partial charge on any atom is 0.508 e. The summed E-state index contributed by atoms with van der Waals surface area (Å²) < 4.78 is 9.71. The van der Waals surface area contributed by atoms with Crippen LogP contribution >= 0.6 is 0 Å². The largest absolute Gasteiger partial charge is 0.508 e. The quantitative estimate of drug-likeness (QED) is 0.501. The molecule has 0 bridgehead atoms. The third-order valence-corrected chi connectivity index (χ3v) is 2.66. The summed E-state index contributed by atoms with van der Waals surface area (Å²) >= 11 is 0. The van der Waals surface area contributed by atoms with E-state index in [4.69, 9.17) is 9.47 Å². The molecule has 0 unspecified atom stereocenters. The maximum absolute atomic E-state index is 10.6. The number of cyclic esters (lactones) is 2. The highest BCUT2D eigenvalue weighted by atomic mass is 16.7. The molecule has 0 amide bonds. The molecule has 0 aromatic carbocycles. The zero-order valence-electron chi connectivity index (χ0n) is 6.47. The van der Waals surface area contributed by atoms with Gasteiger partial charge in [-0.15, -0.1) is 0 Å². The molecule has 2 rings (SSSR count). The molecule has 62 valence electrons. The Kier molecular flexibility index (Phi) is 1.51. The first kappa shape index (κ1) is 6.95. The average molecular weight is 156 g/mol. The number of carbonyl (C=O) groups is 1. The van der Waals surface area contributed by atoms with Gasteiger partial charge in [-0.3, -0.25) is 0 Å². The zero-order valence-corrected chi connectivity index (χ0v) is 6.47. The molecule has 2 aliphatic rings. The highest BCUT2D eigenvalue weighted by Crippen LogP contribution is 2.40. The van der Waals surface area contributed by atoms with Crippen LogP contribution in [0.25, 0.3) is 0 Å². The van der Waals surface area contributed by atoms with Crippen molar-refractivity contribution in [2.75, 3.05) is 13.2 Å². The van der Waals surface area contributed by atoms with Crippen LogP contribution < -0.4 is 0 Å². The first-order chi connectivity index (χ1) is 5.31. The van der Waals surface area contributed by atoms with Gasteiger partial charge in [0.2, 0.25) is 0 Å². The van der Waals surface area contributed by atoms with Crippen molar-refractivity contribution in [3.05, 3.63) is 0 Å². The molecule has 3 heteroatoms.